The summed E-state index contributed by atoms with van der Waals surface area (Å²) in [7, 11) is 1.72. The van der Waals surface area contributed by atoms with Gasteiger partial charge in [-0.25, -0.2) is 0 Å². The van der Waals surface area contributed by atoms with Crippen molar-refractivity contribution in [3.05, 3.63) is 89.5 Å². The molecule has 0 amide bonds. The van der Waals surface area contributed by atoms with Gasteiger partial charge in [0.2, 0.25) is 0 Å². The molecular weight excluding hydrogens is 346 g/mol. The Morgan fingerprint density at radius 3 is 2.54 bits per heavy atom. The monoisotopic (exact) mass is 373 g/mol. The second kappa shape index (κ2) is 8.98. The summed E-state index contributed by atoms with van der Waals surface area (Å²) < 4.78 is 5.49. The van der Waals surface area contributed by atoms with Gasteiger partial charge in [-0.1, -0.05) is 24.3 Å². The number of hydrogen-bond acceptors (Lipinski definition) is 4. The zero-order valence-electron chi connectivity index (χ0n) is 16.4. The number of piperidine rings is 1. The first-order valence-electron chi connectivity index (χ1n) is 10.0. The molecule has 1 aliphatic heterocycles. The number of aromatic nitrogens is 2. The molecule has 0 atom stereocenters. The third-order valence-corrected chi connectivity index (χ3v) is 5.55. The van der Waals surface area contributed by atoms with Crippen molar-refractivity contribution in [2.24, 2.45) is 0 Å². The summed E-state index contributed by atoms with van der Waals surface area (Å²) in [5, 5.41) is 0. The summed E-state index contributed by atoms with van der Waals surface area (Å²) in [5.41, 5.74) is 4.87. The van der Waals surface area contributed by atoms with Crippen molar-refractivity contribution >= 4 is 0 Å². The van der Waals surface area contributed by atoms with E-state index in [1.807, 2.05) is 24.5 Å². The van der Waals surface area contributed by atoms with Crippen LogP contribution in [0.5, 0.6) is 5.75 Å². The summed E-state index contributed by atoms with van der Waals surface area (Å²) >= 11 is 0. The van der Waals surface area contributed by atoms with Crippen molar-refractivity contribution in [1.82, 2.24) is 14.9 Å². The maximum absolute atomic E-state index is 5.49. The highest BCUT2D eigenvalue weighted by atomic mass is 16.5. The summed E-state index contributed by atoms with van der Waals surface area (Å²) in [6.07, 6.45) is 6.88. The van der Waals surface area contributed by atoms with Crippen LogP contribution < -0.4 is 4.74 Å². The summed E-state index contributed by atoms with van der Waals surface area (Å²) in [6, 6.07) is 18.9. The lowest BCUT2D eigenvalue weighted by molar-refractivity contribution is 0.203. The largest absolute Gasteiger partial charge is 0.496 e. The highest BCUT2D eigenvalue weighted by Gasteiger charge is 2.22. The van der Waals surface area contributed by atoms with Gasteiger partial charge >= 0.3 is 0 Å². The zero-order chi connectivity index (χ0) is 19.2. The molecule has 1 aromatic carbocycles. The second-order valence-electron chi connectivity index (χ2n) is 7.45. The predicted octanol–water partition coefficient (Wildman–Crippen LogP) is 4.46. The molecule has 0 unspecified atom stereocenters. The molecule has 0 aliphatic carbocycles. The number of rotatable bonds is 6. The number of nitrogens with zero attached hydrogens (tertiary/aromatic N) is 3. The summed E-state index contributed by atoms with van der Waals surface area (Å²) in [4.78, 5) is 11.6. The molecule has 0 radical (unpaired) electrons. The molecule has 4 heteroatoms. The number of methoxy groups -OCH3 is 1. The molecule has 0 saturated carbocycles. The normalized spacial score (nSPS) is 15.5. The van der Waals surface area contributed by atoms with Crippen molar-refractivity contribution in [2.45, 2.75) is 31.7 Å². The summed E-state index contributed by atoms with van der Waals surface area (Å²) in [5.74, 6) is 1.48. The van der Waals surface area contributed by atoms with Crippen LogP contribution in [0.2, 0.25) is 0 Å². The van der Waals surface area contributed by atoms with Gasteiger partial charge in [-0.15, -0.1) is 0 Å². The van der Waals surface area contributed by atoms with Gasteiger partial charge < -0.3 is 4.74 Å². The Morgan fingerprint density at radius 2 is 1.75 bits per heavy atom. The maximum Gasteiger partial charge on any atom is 0.122 e. The van der Waals surface area contributed by atoms with Crippen LogP contribution in [0.3, 0.4) is 0 Å². The first-order valence-corrected chi connectivity index (χ1v) is 10.0. The Labute approximate surface area is 167 Å². The quantitative estimate of drug-likeness (QED) is 0.640. The first kappa shape index (κ1) is 18.6. The number of likely N-dealkylation sites (tertiary alicyclic amines) is 1. The van der Waals surface area contributed by atoms with Gasteiger partial charge in [0.1, 0.15) is 5.75 Å². The molecule has 3 heterocycles. The van der Waals surface area contributed by atoms with E-state index in [2.05, 4.69) is 52.3 Å². The van der Waals surface area contributed by atoms with E-state index >= 15 is 0 Å². The topological polar surface area (TPSA) is 38.2 Å². The fourth-order valence-electron chi connectivity index (χ4n) is 4.00. The summed E-state index contributed by atoms with van der Waals surface area (Å²) in [6.45, 7) is 3.24. The van der Waals surface area contributed by atoms with Gasteiger partial charge in [-0.05, 0) is 61.8 Å². The number of para-hydroxylation sites is 1. The van der Waals surface area contributed by atoms with Crippen LogP contribution in [-0.2, 0) is 13.0 Å². The van der Waals surface area contributed by atoms with Gasteiger partial charge in [-0.3, -0.25) is 14.9 Å². The molecule has 4 rings (SSSR count). The Kier molecular flexibility index (Phi) is 5.98. The standard InChI is InChI=1S/C24H27N3O/c1-28-24-8-3-2-5-21(24)17-22-6-4-7-23(26-22)20-11-15-27(16-12-20)18-19-9-13-25-14-10-19/h2-10,13-14,20H,11-12,15-18H2,1H3. The zero-order valence-corrected chi connectivity index (χ0v) is 16.4. The molecular formula is C24H27N3O. The van der Waals surface area contributed by atoms with E-state index in [0.717, 1.165) is 50.3 Å². The SMILES string of the molecule is COc1ccccc1Cc1cccc(C2CCN(Cc3ccncc3)CC2)n1. The Bertz CT molecular complexity index is 889. The van der Waals surface area contributed by atoms with Crippen LogP contribution >= 0.6 is 0 Å². The average Bonchev–Trinajstić information content (AvgIpc) is 2.76. The van der Waals surface area contributed by atoms with E-state index in [4.69, 9.17) is 9.72 Å². The van der Waals surface area contributed by atoms with Crippen molar-refractivity contribution in [1.29, 1.82) is 0 Å². The third-order valence-electron chi connectivity index (χ3n) is 5.55. The van der Waals surface area contributed by atoms with Gasteiger partial charge in [-0.2, -0.15) is 0 Å². The van der Waals surface area contributed by atoms with E-state index in [-0.39, 0.29) is 0 Å². The molecule has 0 bridgehead atoms. The molecule has 0 spiro atoms. The lowest BCUT2D eigenvalue weighted by atomic mass is 9.92. The molecule has 1 fully saturated rings. The van der Waals surface area contributed by atoms with Crippen LogP contribution in [0.4, 0.5) is 0 Å². The highest BCUT2D eigenvalue weighted by molar-refractivity contribution is 5.36. The van der Waals surface area contributed by atoms with Gasteiger partial charge in [0.25, 0.3) is 0 Å². The van der Waals surface area contributed by atoms with E-state index < -0.39 is 0 Å². The Hall–Kier alpha value is -2.72. The lowest BCUT2D eigenvalue weighted by Gasteiger charge is -2.31. The lowest BCUT2D eigenvalue weighted by Crippen LogP contribution is -2.32. The molecule has 3 aromatic rings. The van der Waals surface area contributed by atoms with Gasteiger partial charge in [0.15, 0.2) is 0 Å². The fraction of sp³-hybridized carbons (Fsp3) is 0.333. The Balaban J connectivity index is 1.38. The van der Waals surface area contributed by atoms with E-state index in [9.17, 15) is 0 Å². The minimum atomic E-state index is 0.548. The number of benzene rings is 1. The van der Waals surface area contributed by atoms with E-state index in [1.54, 1.807) is 7.11 Å². The van der Waals surface area contributed by atoms with Crippen LogP contribution in [0.25, 0.3) is 0 Å². The van der Waals surface area contributed by atoms with Crippen LogP contribution in [0, 0.1) is 0 Å². The minimum absolute atomic E-state index is 0.548. The van der Waals surface area contributed by atoms with E-state index in [1.165, 1.54) is 16.8 Å². The Morgan fingerprint density at radius 1 is 0.964 bits per heavy atom. The van der Waals surface area contributed by atoms with Crippen molar-refractivity contribution in [2.75, 3.05) is 20.2 Å². The van der Waals surface area contributed by atoms with Crippen LogP contribution in [0.1, 0.15) is 41.3 Å². The molecule has 0 N–H and O–H groups in total. The van der Waals surface area contributed by atoms with Crippen molar-refractivity contribution < 1.29 is 4.74 Å². The smallest absolute Gasteiger partial charge is 0.122 e. The molecule has 144 valence electrons. The van der Waals surface area contributed by atoms with Gasteiger partial charge in [0.05, 0.1) is 7.11 Å². The number of pyridine rings is 2. The molecule has 4 nitrogen and oxygen atoms in total. The first-order chi connectivity index (χ1) is 13.8. The highest BCUT2D eigenvalue weighted by Crippen LogP contribution is 2.28. The number of hydrogen-bond donors (Lipinski definition) is 0. The van der Waals surface area contributed by atoms with E-state index in [0.29, 0.717) is 5.92 Å². The number of ether oxygens (including phenoxy) is 1. The third kappa shape index (κ3) is 4.57. The average molecular weight is 374 g/mol. The van der Waals surface area contributed by atoms with Crippen molar-refractivity contribution in [3.63, 3.8) is 0 Å². The van der Waals surface area contributed by atoms with Gasteiger partial charge in [0, 0.05) is 48.2 Å². The predicted molar refractivity (Wildman–Crippen MR) is 112 cm³/mol. The molecule has 2 aromatic heterocycles. The minimum Gasteiger partial charge on any atom is -0.496 e. The van der Waals surface area contributed by atoms with Crippen LogP contribution in [-0.4, -0.2) is 35.1 Å². The second-order valence-corrected chi connectivity index (χ2v) is 7.45. The van der Waals surface area contributed by atoms with Crippen LogP contribution in [0.15, 0.2) is 67.0 Å². The molecule has 1 saturated heterocycles. The maximum atomic E-state index is 5.49. The fourth-order valence-corrected chi connectivity index (χ4v) is 4.00. The molecule has 1 aliphatic rings. The van der Waals surface area contributed by atoms with Crippen molar-refractivity contribution in [3.8, 4) is 5.75 Å². The molecule has 28 heavy (non-hydrogen) atoms.